The molecule has 0 radical (unpaired) electrons. The van der Waals surface area contributed by atoms with Crippen molar-refractivity contribution in [3.8, 4) is 0 Å². The number of hydrogen-bond acceptors (Lipinski definition) is 3. The predicted octanol–water partition coefficient (Wildman–Crippen LogP) is 2.83. The highest BCUT2D eigenvalue weighted by Gasteiger charge is 2.13. The van der Waals surface area contributed by atoms with Crippen LogP contribution in [0.3, 0.4) is 0 Å². The molecule has 0 spiro atoms. The summed E-state index contributed by atoms with van der Waals surface area (Å²) in [7, 11) is -3.49. The smallest absolute Gasteiger partial charge is 0.335 e. The molecule has 0 amide bonds. The average Bonchev–Trinajstić information content (AvgIpc) is 2.25. The molecule has 7 heteroatoms. The molecule has 0 atom stereocenters. The molecule has 0 fully saturated rings. The standard InChI is InChI=1S/C12H16ClNO4S/c1-8(2)3-4-19(17,18)14-11-6-9(12(15)16)5-10(13)7-11/h5-8,14H,3-4H2,1-2H3,(H,15,16). The van der Waals surface area contributed by atoms with Crippen LogP contribution in [0.2, 0.25) is 5.02 Å². The number of nitrogens with one attached hydrogen (secondary N) is 1. The average molecular weight is 306 g/mol. The molecule has 5 nitrogen and oxygen atoms in total. The molecule has 1 rings (SSSR count). The van der Waals surface area contributed by atoms with Crippen LogP contribution in [0.25, 0.3) is 0 Å². The largest absolute Gasteiger partial charge is 0.478 e. The van der Waals surface area contributed by atoms with Crippen LogP contribution in [-0.4, -0.2) is 25.2 Å². The summed E-state index contributed by atoms with van der Waals surface area (Å²) in [6, 6.07) is 3.87. The van der Waals surface area contributed by atoms with Crippen molar-refractivity contribution in [2.45, 2.75) is 20.3 Å². The van der Waals surface area contributed by atoms with Crippen molar-refractivity contribution in [1.82, 2.24) is 0 Å². The molecule has 1 aromatic carbocycles. The van der Waals surface area contributed by atoms with Gasteiger partial charge in [0.2, 0.25) is 10.0 Å². The van der Waals surface area contributed by atoms with Crippen molar-refractivity contribution in [3.63, 3.8) is 0 Å². The van der Waals surface area contributed by atoms with E-state index in [1.807, 2.05) is 13.8 Å². The van der Waals surface area contributed by atoms with Crippen LogP contribution < -0.4 is 4.72 Å². The number of anilines is 1. The lowest BCUT2D eigenvalue weighted by molar-refractivity contribution is 0.0697. The van der Waals surface area contributed by atoms with Crippen LogP contribution in [0.15, 0.2) is 18.2 Å². The highest BCUT2D eigenvalue weighted by atomic mass is 35.5. The summed E-state index contributed by atoms with van der Waals surface area (Å²) in [6.07, 6.45) is 0.529. The molecule has 1 aromatic rings. The lowest BCUT2D eigenvalue weighted by Crippen LogP contribution is -2.18. The summed E-state index contributed by atoms with van der Waals surface area (Å²) in [5.41, 5.74) is 0.0997. The topological polar surface area (TPSA) is 83.5 Å². The number of benzene rings is 1. The molecule has 0 unspecified atom stereocenters. The number of hydrogen-bond donors (Lipinski definition) is 2. The molecule has 0 bridgehead atoms. The zero-order valence-electron chi connectivity index (χ0n) is 10.7. The number of sulfonamides is 1. The molecule has 106 valence electrons. The van der Waals surface area contributed by atoms with E-state index < -0.39 is 16.0 Å². The Labute approximate surface area is 117 Å². The molecular weight excluding hydrogens is 290 g/mol. The van der Waals surface area contributed by atoms with Crippen molar-refractivity contribution >= 4 is 33.3 Å². The maximum atomic E-state index is 11.8. The minimum atomic E-state index is -3.49. The van der Waals surface area contributed by atoms with Gasteiger partial charge in [0, 0.05) is 5.02 Å². The van der Waals surface area contributed by atoms with Gasteiger partial charge in [-0.15, -0.1) is 0 Å². The maximum absolute atomic E-state index is 11.8. The fourth-order valence-corrected chi connectivity index (χ4v) is 2.99. The molecule has 0 saturated heterocycles. The lowest BCUT2D eigenvalue weighted by atomic mass is 10.2. The first kappa shape index (κ1) is 15.8. The molecule has 2 N–H and O–H groups in total. The predicted molar refractivity (Wildman–Crippen MR) is 75.3 cm³/mol. The minimum absolute atomic E-state index is 0.0143. The summed E-state index contributed by atoms with van der Waals surface area (Å²) in [5, 5.41) is 9.04. The van der Waals surface area contributed by atoms with Gasteiger partial charge in [-0.25, -0.2) is 13.2 Å². The van der Waals surface area contributed by atoms with E-state index >= 15 is 0 Å². The highest BCUT2D eigenvalue weighted by molar-refractivity contribution is 7.92. The number of carbonyl (C=O) groups is 1. The van der Waals surface area contributed by atoms with Gasteiger partial charge in [-0.05, 0) is 30.5 Å². The third-order valence-electron chi connectivity index (χ3n) is 2.38. The second-order valence-corrected chi connectivity index (χ2v) is 6.92. The van der Waals surface area contributed by atoms with E-state index in [0.29, 0.717) is 6.42 Å². The third kappa shape index (κ3) is 5.48. The fourth-order valence-electron chi connectivity index (χ4n) is 1.39. The zero-order chi connectivity index (χ0) is 14.6. The molecule has 0 saturated carbocycles. The summed E-state index contributed by atoms with van der Waals surface area (Å²) in [5.74, 6) is -0.907. The SMILES string of the molecule is CC(C)CCS(=O)(=O)Nc1cc(Cl)cc(C(=O)O)c1. The second-order valence-electron chi connectivity index (χ2n) is 4.64. The van der Waals surface area contributed by atoms with Crippen LogP contribution >= 0.6 is 11.6 Å². The van der Waals surface area contributed by atoms with Gasteiger partial charge in [0.05, 0.1) is 17.0 Å². The lowest BCUT2D eigenvalue weighted by Gasteiger charge is -2.10. The zero-order valence-corrected chi connectivity index (χ0v) is 12.3. The van der Waals surface area contributed by atoms with Crippen LogP contribution in [-0.2, 0) is 10.0 Å². The van der Waals surface area contributed by atoms with Gasteiger partial charge in [0.15, 0.2) is 0 Å². The van der Waals surface area contributed by atoms with E-state index in [1.165, 1.54) is 18.2 Å². The molecule has 0 aliphatic heterocycles. The maximum Gasteiger partial charge on any atom is 0.335 e. The van der Waals surface area contributed by atoms with E-state index in [2.05, 4.69) is 4.72 Å². The first-order valence-corrected chi connectivity index (χ1v) is 7.77. The minimum Gasteiger partial charge on any atom is -0.478 e. The van der Waals surface area contributed by atoms with Crippen LogP contribution in [0, 0.1) is 5.92 Å². The molecule has 0 aromatic heterocycles. The van der Waals surface area contributed by atoms with Gasteiger partial charge in [0.1, 0.15) is 0 Å². The molecule has 0 heterocycles. The number of aromatic carboxylic acids is 1. The number of carboxylic acids is 1. The molecule has 19 heavy (non-hydrogen) atoms. The molecule has 0 aliphatic carbocycles. The molecular formula is C12H16ClNO4S. The summed E-state index contributed by atoms with van der Waals surface area (Å²) in [6.45, 7) is 3.86. The quantitative estimate of drug-likeness (QED) is 0.846. The summed E-state index contributed by atoms with van der Waals surface area (Å²) in [4.78, 5) is 10.9. The summed E-state index contributed by atoms with van der Waals surface area (Å²) >= 11 is 5.75. The van der Waals surface area contributed by atoms with E-state index in [9.17, 15) is 13.2 Å². The van der Waals surface area contributed by atoms with Gasteiger partial charge in [0.25, 0.3) is 0 Å². The molecule has 0 aliphatic rings. The second kappa shape index (κ2) is 6.25. The van der Waals surface area contributed by atoms with Gasteiger partial charge in [-0.3, -0.25) is 4.72 Å². The Hall–Kier alpha value is -1.27. The van der Waals surface area contributed by atoms with E-state index in [1.54, 1.807) is 0 Å². The van der Waals surface area contributed by atoms with Crippen molar-refractivity contribution in [3.05, 3.63) is 28.8 Å². The Balaban J connectivity index is 2.90. The first-order chi connectivity index (χ1) is 8.69. The Morgan fingerprint density at radius 3 is 2.53 bits per heavy atom. The fraction of sp³-hybridized carbons (Fsp3) is 0.417. The van der Waals surface area contributed by atoms with Gasteiger partial charge in [-0.2, -0.15) is 0 Å². The van der Waals surface area contributed by atoms with E-state index in [4.69, 9.17) is 16.7 Å². The van der Waals surface area contributed by atoms with Crippen molar-refractivity contribution < 1.29 is 18.3 Å². The van der Waals surface area contributed by atoms with E-state index in [-0.39, 0.29) is 27.9 Å². The monoisotopic (exact) mass is 305 g/mol. The normalized spacial score (nSPS) is 11.6. The van der Waals surface area contributed by atoms with Crippen molar-refractivity contribution in [1.29, 1.82) is 0 Å². The van der Waals surface area contributed by atoms with Crippen LogP contribution in [0.5, 0.6) is 0 Å². The van der Waals surface area contributed by atoms with Crippen LogP contribution in [0.1, 0.15) is 30.6 Å². The Morgan fingerprint density at radius 2 is 2.00 bits per heavy atom. The van der Waals surface area contributed by atoms with Gasteiger partial charge in [-0.1, -0.05) is 25.4 Å². The highest BCUT2D eigenvalue weighted by Crippen LogP contribution is 2.20. The van der Waals surface area contributed by atoms with E-state index in [0.717, 1.165) is 0 Å². The van der Waals surface area contributed by atoms with Crippen LogP contribution in [0.4, 0.5) is 5.69 Å². The Bertz CT molecular complexity index is 569. The van der Waals surface area contributed by atoms with Gasteiger partial charge >= 0.3 is 5.97 Å². The number of rotatable bonds is 6. The first-order valence-electron chi connectivity index (χ1n) is 5.74. The third-order valence-corrected chi connectivity index (χ3v) is 3.92. The van der Waals surface area contributed by atoms with Crippen molar-refractivity contribution in [2.24, 2.45) is 5.92 Å². The summed E-state index contributed by atoms with van der Waals surface area (Å²) < 4.78 is 25.9. The van der Waals surface area contributed by atoms with Crippen molar-refractivity contribution in [2.75, 3.05) is 10.5 Å². The number of carboxylic acid groups (broad SMARTS) is 1. The number of halogens is 1. The Morgan fingerprint density at radius 1 is 1.37 bits per heavy atom. The van der Waals surface area contributed by atoms with Gasteiger partial charge < -0.3 is 5.11 Å². The Kier molecular flexibility index (Phi) is 5.20.